The molecule has 0 saturated heterocycles. The number of nitrogens with one attached hydrogen (secondary N) is 2. The molecule has 2 amide bonds. The highest BCUT2D eigenvalue weighted by Gasteiger charge is 2.23. The third-order valence-corrected chi connectivity index (χ3v) is 4.47. The molecule has 1 atom stereocenters. The van der Waals surface area contributed by atoms with Crippen molar-refractivity contribution in [2.75, 3.05) is 0 Å². The van der Waals surface area contributed by atoms with Gasteiger partial charge in [0.25, 0.3) is 5.91 Å². The number of pyridine rings is 1. The molecule has 126 valence electrons. The zero-order valence-electron chi connectivity index (χ0n) is 13.4. The van der Waals surface area contributed by atoms with Gasteiger partial charge in [-0.3, -0.25) is 14.6 Å². The Kier molecular flexibility index (Phi) is 5.53. The van der Waals surface area contributed by atoms with E-state index in [1.165, 1.54) is 11.3 Å². The number of nitrogens with zero attached hydrogens (tertiary/aromatic N) is 1. The van der Waals surface area contributed by atoms with E-state index in [4.69, 9.17) is 0 Å². The van der Waals surface area contributed by atoms with Crippen molar-refractivity contribution in [1.82, 2.24) is 15.6 Å². The van der Waals surface area contributed by atoms with Gasteiger partial charge in [-0.2, -0.15) is 0 Å². The molecule has 5 nitrogen and oxygen atoms in total. The van der Waals surface area contributed by atoms with E-state index >= 15 is 0 Å². The first-order valence-corrected chi connectivity index (χ1v) is 8.68. The summed E-state index contributed by atoms with van der Waals surface area (Å²) < 4.78 is 0. The van der Waals surface area contributed by atoms with Crippen molar-refractivity contribution in [2.24, 2.45) is 0 Å². The number of rotatable bonds is 6. The lowest BCUT2D eigenvalue weighted by molar-refractivity contribution is -0.123. The molecule has 1 unspecified atom stereocenters. The summed E-state index contributed by atoms with van der Waals surface area (Å²) in [6.45, 7) is 0.352. The minimum absolute atomic E-state index is 0.264. The molecule has 3 aromatic rings. The second-order valence-corrected chi connectivity index (χ2v) is 6.32. The van der Waals surface area contributed by atoms with Crippen LogP contribution in [0.2, 0.25) is 0 Å². The van der Waals surface area contributed by atoms with Crippen LogP contribution in [-0.2, 0) is 11.3 Å². The van der Waals surface area contributed by atoms with Gasteiger partial charge in [0, 0.05) is 18.9 Å². The lowest BCUT2D eigenvalue weighted by Crippen LogP contribution is -2.40. The summed E-state index contributed by atoms with van der Waals surface area (Å²) in [6, 6.07) is 15.7. The Morgan fingerprint density at radius 2 is 1.88 bits per heavy atom. The number of aromatic nitrogens is 1. The van der Waals surface area contributed by atoms with Gasteiger partial charge in [0.05, 0.1) is 4.88 Å². The lowest BCUT2D eigenvalue weighted by atomic mass is 10.1. The van der Waals surface area contributed by atoms with E-state index in [2.05, 4.69) is 15.6 Å². The minimum atomic E-state index is -0.757. The van der Waals surface area contributed by atoms with Crippen molar-refractivity contribution in [3.8, 4) is 0 Å². The standard InChI is InChI=1S/C19H17N3O2S/c23-18(16-9-5-11-25-16)22-17(15-7-2-1-3-8-15)19(24)21-13-14-6-4-10-20-12-14/h1-12,17H,13H2,(H,21,24)(H,22,23). The average Bonchev–Trinajstić information content (AvgIpc) is 3.20. The molecule has 0 aliphatic heterocycles. The van der Waals surface area contributed by atoms with Crippen LogP contribution in [-0.4, -0.2) is 16.8 Å². The van der Waals surface area contributed by atoms with Crippen LogP contribution in [0.5, 0.6) is 0 Å². The van der Waals surface area contributed by atoms with Gasteiger partial charge in [-0.15, -0.1) is 11.3 Å². The molecule has 3 rings (SSSR count). The van der Waals surface area contributed by atoms with Gasteiger partial charge >= 0.3 is 0 Å². The first kappa shape index (κ1) is 16.9. The number of carbonyl (C=O) groups excluding carboxylic acids is 2. The first-order valence-electron chi connectivity index (χ1n) is 7.80. The maximum absolute atomic E-state index is 12.7. The largest absolute Gasteiger partial charge is 0.350 e. The second-order valence-electron chi connectivity index (χ2n) is 5.37. The Balaban J connectivity index is 1.74. The van der Waals surface area contributed by atoms with Crippen LogP contribution in [0, 0.1) is 0 Å². The van der Waals surface area contributed by atoms with Crippen LogP contribution in [0.15, 0.2) is 72.4 Å². The van der Waals surface area contributed by atoms with Crippen molar-refractivity contribution < 1.29 is 9.59 Å². The number of benzene rings is 1. The van der Waals surface area contributed by atoms with Crippen molar-refractivity contribution >= 4 is 23.2 Å². The molecule has 0 aliphatic carbocycles. The summed E-state index contributed by atoms with van der Waals surface area (Å²) in [5, 5.41) is 7.50. The van der Waals surface area contributed by atoms with Gasteiger partial charge in [-0.1, -0.05) is 42.5 Å². The maximum Gasteiger partial charge on any atom is 0.262 e. The molecule has 0 radical (unpaired) electrons. The summed E-state index contributed by atoms with van der Waals surface area (Å²) in [7, 11) is 0. The monoisotopic (exact) mass is 351 g/mol. The van der Waals surface area contributed by atoms with Crippen molar-refractivity contribution in [3.05, 3.63) is 88.4 Å². The SMILES string of the molecule is O=C(NC(C(=O)NCc1cccnc1)c1ccccc1)c1cccs1. The van der Waals surface area contributed by atoms with E-state index in [-0.39, 0.29) is 11.8 Å². The van der Waals surface area contributed by atoms with Crippen LogP contribution >= 0.6 is 11.3 Å². The van der Waals surface area contributed by atoms with Crippen LogP contribution in [0.25, 0.3) is 0 Å². The predicted octanol–water partition coefficient (Wildman–Crippen LogP) is 2.93. The highest BCUT2D eigenvalue weighted by molar-refractivity contribution is 7.12. The number of thiophene rings is 1. The Morgan fingerprint density at radius 3 is 2.56 bits per heavy atom. The summed E-state index contributed by atoms with van der Waals surface area (Å²) >= 11 is 1.34. The highest BCUT2D eigenvalue weighted by Crippen LogP contribution is 2.16. The highest BCUT2D eigenvalue weighted by atomic mass is 32.1. The summed E-state index contributed by atoms with van der Waals surface area (Å²) in [4.78, 5) is 29.7. The van der Waals surface area contributed by atoms with Gasteiger partial charge in [0.15, 0.2) is 0 Å². The number of carbonyl (C=O) groups is 2. The van der Waals surface area contributed by atoms with Crippen LogP contribution in [0.4, 0.5) is 0 Å². The Bertz CT molecular complexity index is 820. The molecular weight excluding hydrogens is 334 g/mol. The minimum Gasteiger partial charge on any atom is -0.350 e. The van der Waals surface area contributed by atoms with Crippen LogP contribution in [0.1, 0.15) is 26.8 Å². The molecule has 0 bridgehead atoms. The molecule has 0 fully saturated rings. The number of amides is 2. The summed E-state index contributed by atoms with van der Waals surface area (Å²) in [6.07, 6.45) is 3.38. The number of hydrogen-bond donors (Lipinski definition) is 2. The third-order valence-electron chi connectivity index (χ3n) is 3.61. The average molecular weight is 351 g/mol. The maximum atomic E-state index is 12.7. The van der Waals surface area contributed by atoms with E-state index in [0.717, 1.165) is 11.1 Å². The fourth-order valence-corrected chi connectivity index (χ4v) is 2.98. The molecule has 0 spiro atoms. The van der Waals surface area contributed by atoms with E-state index in [0.29, 0.717) is 11.4 Å². The van der Waals surface area contributed by atoms with Gasteiger partial charge in [0.1, 0.15) is 6.04 Å². The summed E-state index contributed by atoms with van der Waals surface area (Å²) in [5.41, 5.74) is 1.63. The van der Waals surface area contributed by atoms with Crippen molar-refractivity contribution in [3.63, 3.8) is 0 Å². The van der Waals surface area contributed by atoms with E-state index in [9.17, 15) is 9.59 Å². The predicted molar refractivity (Wildman–Crippen MR) is 97.1 cm³/mol. The smallest absolute Gasteiger partial charge is 0.262 e. The molecule has 2 aromatic heterocycles. The van der Waals surface area contributed by atoms with E-state index in [1.807, 2.05) is 47.8 Å². The van der Waals surface area contributed by atoms with Crippen LogP contribution < -0.4 is 10.6 Å². The van der Waals surface area contributed by atoms with Gasteiger partial charge in [0.2, 0.25) is 5.91 Å². The van der Waals surface area contributed by atoms with Crippen LogP contribution in [0.3, 0.4) is 0 Å². The van der Waals surface area contributed by atoms with E-state index < -0.39 is 6.04 Å². The topological polar surface area (TPSA) is 71.1 Å². The van der Waals surface area contributed by atoms with Gasteiger partial charge in [-0.25, -0.2) is 0 Å². The number of hydrogen-bond acceptors (Lipinski definition) is 4. The third kappa shape index (κ3) is 4.51. The first-order chi connectivity index (χ1) is 12.2. The molecule has 0 saturated carbocycles. The fraction of sp³-hybridized carbons (Fsp3) is 0.105. The molecule has 2 N–H and O–H groups in total. The molecule has 6 heteroatoms. The normalized spacial score (nSPS) is 11.5. The molecule has 0 aliphatic rings. The van der Waals surface area contributed by atoms with Gasteiger partial charge in [-0.05, 0) is 28.6 Å². The van der Waals surface area contributed by atoms with Crippen molar-refractivity contribution in [2.45, 2.75) is 12.6 Å². The molecule has 1 aromatic carbocycles. The molecule has 25 heavy (non-hydrogen) atoms. The lowest BCUT2D eigenvalue weighted by Gasteiger charge is -2.18. The zero-order valence-corrected chi connectivity index (χ0v) is 14.2. The molecular formula is C19H17N3O2S. The Hall–Kier alpha value is -2.99. The fourth-order valence-electron chi connectivity index (χ4n) is 2.35. The zero-order chi connectivity index (χ0) is 17.5. The Morgan fingerprint density at radius 1 is 1.04 bits per heavy atom. The van der Waals surface area contributed by atoms with Gasteiger partial charge < -0.3 is 10.6 Å². The summed E-state index contributed by atoms with van der Waals surface area (Å²) in [5.74, 6) is -0.527. The Labute approximate surface area is 149 Å². The molecule has 2 heterocycles. The van der Waals surface area contributed by atoms with E-state index in [1.54, 1.807) is 24.5 Å². The van der Waals surface area contributed by atoms with Crippen molar-refractivity contribution in [1.29, 1.82) is 0 Å². The quantitative estimate of drug-likeness (QED) is 0.717. The second kappa shape index (κ2) is 8.21.